The lowest BCUT2D eigenvalue weighted by Gasteiger charge is -2.23. The number of phenols is 2. The molecule has 0 atom stereocenters. The molecule has 0 spiro atoms. The van der Waals surface area contributed by atoms with Crippen LogP contribution in [0.4, 0.5) is 0 Å². The highest BCUT2D eigenvalue weighted by Gasteiger charge is 2.32. The molecule has 0 aliphatic carbocycles. The third kappa shape index (κ3) is 2.88. The molecule has 0 saturated heterocycles. The number of aromatic hydroxyl groups is 2. The Labute approximate surface area is 150 Å². The van der Waals surface area contributed by atoms with E-state index < -0.39 is 0 Å². The van der Waals surface area contributed by atoms with Gasteiger partial charge in [-0.15, -0.1) is 0 Å². The predicted molar refractivity (Wildman–Crippen MR) is 93.7 cm³/mol. The number of hydrogen-bond donors (Lipinski definition) is 2. The van der Waals surface area contributed by atoms with Gasteiger partial charge in [-0.3, -0.25) is 4.79 Å². The highest BCUT2D eigenvalue weighted by Crippen LogP contribution is 2.47. The van der Waals surface area contributed by atoms with Crippen molar-refractivity contribution >= 4 is 11.9 Å². The average Bonchev–Trinajstić information content (AvgIpc) is 2.65. The van der Waals surface area contributed by atoms with Crippen molar-refractivity contribution in [1.82, 2.24) is 0 Å². The molecule has 0 aromatic heterocycles. The first kappa shape index (κ1) is 17.5. The van der Waals surface area contributed by atoms with E-state index in [1.807, 2.05) is 0 Å². The van der Waals surface area contributed by atoms with Crippen LogP contribution in [0.3, 0.4) is 0 Å². The van der Waals surface area contributed by atoms with Crippen LogP contribution in [0.1, 0.15) is 15.9 Å². The van der Waals surface area contributed by atoms with Gasteiger partial charge in [0.2, 0.25) is 5.75 Å². The summed E-state index contributed by atoms with van der Waals surface area (Å²) in [5.74, 6) is 0.481. The van der Waals surface area contributed by atoms with E-state index in [1.54, 1.807) is 18.2 Å². The molecular weight excluding hydrogens is 340 g/mol. The average molecular weight is 358 g/mol. The number of rotatable bonds is 4. The van der Waals surface area contributed by atoms with Crippen molar-refractivity contribution in [2.45, 2.75) is 0 Å². The van der Waals surface area contributed by atoms with E-state index in [4.69, 9.17) is 18.9 Å². The lowest BCUT2D eigenvalue weighted by molar-refractivity contribution is 0.0996. The van der Waals surface area contributed by atoms with Gasteiger partial charge in [-0.1, -0.05) is 6.07 Å². The maximum absolute atomic E-state index is 13.0. The van der Waals surface area contributed by atoms with Gasteiger partial charge in [0.05, 0.1) is 21.3 Å². The summed E-state index contributed by atoms with van der Waals surface area (Å²) in [6, 6.07) is 5.86. The van der Waals surface area contributed by atoms with Gasteiger partial charge >= 0.3 is 0 Å². The number of phenolic OH excluding ortho intramolecular Hbond substituents is 2. The molecule has 136 valence electrons. The lowest BCUT2D eigenvalue weighted by atomic mass is 9.96. The lowest BCUT2D eigenvalue weighted by Crippen LogP contribution is -2.20. The van der Waals surface area contributed by atoms with Crippen molar-refractivity contribution in [3.05, 3.63) is 41.0 Å². The molecule has 0 radical (unpaired) electrons. The maximum Gasteiger partial charge on any atom is 0.204 e. The normalized spacial score (nSPS) is 14.6. The number of ether oxygens (including phenoxy) is 4. The summed E-state index contributed by atoms with van der Waals surface area (Å²) in [7, 11) is 4.37. The van der Waals surface area contributed by atoms with E-state index in [0.29, 0.717) is 28.4 Å². The minimum atomic E-state index is -0.281. The molecular formula is C19H18O7. The summed E-state index contributed by atoms with van der Waals surface area (Å²) in [6.07, 6.45) is 1.58. The number of benzene rings is 2. The van der Waals surface area contributed by atoms with Gasteiger partial charge in [-0.05, 0) is 23.8 Å². The van der Waals surface area contributed by atoms with Crippen LogP contribution in [0.2, 0.25) is 0 Å². The third-order valence-electron chi connectivity index (χ3n) is 4.04. The minimum Gasteiger partial charge on any atom is -0.504 e. The Bertz CT molecular complexity index is 899. The maximum atomic E-state index is 13.0. The van der Waals surface area contributed by atoms with Crippen LogP contribution in [0.15, 0.2) is 29.8 Å². The summed E-state index contributed by atoms with van der Waals surface area (Å²) >= 11 is 0. The monoisotopic (exact) mass is 358 g/mol. The van der Waals surface area contributed by atoms with Gasteiger partial charge in [0, 0.05) is 11.6 Å². The summed E-state index contributed by atoms with van der Waals surface area (Å²) in [4.78, 5) is 13.0. The molecule has 0 fully saturated rings. The Morgan fingerprint density at radius 3 is 2.35 bits per heavy atom. The molecule has 0 saturated carbocycles. The number of methoxy groups -OCH3 is 3. The Morgan fingerprint density at radius 1 is 1.00 bits per heavy atom. The van der Waals surface area contributed by atoms with Crippen LogP contribution < -0.4 is 18.9 Å². The van der Waals surface area contributed by atoms with Crippen molar-refractivity contribution in [3.63, 3.8) is 0 Å². The number of ketones is 1. The second-order valence-electron chi connectivity index (χ2n) is 5.55. The molecule has 26 heavy (non-hydrogen) atoms. The van der Waals surface area contributed by atoms with Gasteiger partial charge in [-0.2, -0.15) is 0 Å². The third-order valence-corrected chi connectivity index (χ3v) is 4.04. The fraction of sp³-hybridized carbons (Fsp3) is 0.211. The first-order valence-electron chi connectivity index (χ1n) is 7.73. The zero-order valence-electron chi connectivity index (χ0n) is 14.5. The van der Waals surface area contributed by atoms with Crippen molar-refractivity contribution in [1.29, 1.82) is 0 Å². The van der Waals surface area contributed by atoms with Crippen LogP contribution in [-0.4, -0.2) is 43.9 Å². The van der Waals surface area contributed by atoms with Gasteiger partial charge in [0.15, 0.2) is 28.8 Å². The number of Topliss-reactive ketones (excluding diaryl/α,β-unsaturated/α-hetero) is 1. The standard InChI is InChI=1S/C19H18O7/c1-23-15-8-14-16(19(25-3)18(15)24-2)17(22)11(9-26-14)6-10-4-5-12(20)13(21)7-10/h4-8,20-21H,9H2,1-3H3/b11-6+. The van der Waals surface area contributed by atoms with E-state index in [0.717, 1.165) is 0 Å². The zero-order valence-corrected chi connectivity index (χ0v) is 14.5. The number of fused-ring (bicyclic) bond motifs is 1. The molecule has 0 amide bonds. The molecule has 2 aromatic rings. The van der Waals surface area contributed by atoms with Crippen LogP contribution in [0, 0.1) is 0 Å². The first-order chi connectivity index (χ1) is 12.5. The van der Waals surface area contributed by atoms with E-state index in [-0.39, 0.29) is 35.2 Å². The number of hydrogen-bond acceptors (Lipinski definition) is 7. The fourth-order valence-electron chi connectivity index (χ4n) is 2.78. The van der Waals surface area contributed by atoms with E-state index in [2.05, 4.69) is 0 Å². The molecule has 0 unspecified atom stereocenters. The second kappa shape index (κ2) is 6.87. The quantitative estimate of drug-likeness (QED) is 0.641. The van der Waals surface area contributed by atoms with Crippen molar-refractivity contribution in [2.24, 2.45) is 0 Å². The molecule has 7 heteroatoms. The van der Waals surface area contributed by atoms with Gasteiger partial charge in [-0.25, -0.2) is 0 Å². The smallest absolute Gasteiger partial charge is 0.204 e. The van der Waals surface area contributed by atoms with E-state index >= 15 is 0 Å². The predicted octanol–water partition coefficient (Wildman–Crippen LogP) is 2.78. The van der Waals surface area contributed by atoms with Gasteiger partial charge < -0.3 is 29.2 Å². The van der Waals surface area contributed by atoms with Crippen LogP contribution in [-0.2, 0) is 0 Å². The molecule has 3 rings (SSSR count). The fourth-order valence-corrected chi connectivity index (χ4v) is 2.78. The Hall–Kier alpha value is -3.35. The molecule has 1 heterocycles. The second-order valence-corrected chi connectivity index (χ2v) is 5.55. The summed E-state index contributed by atoms with van der Waals surface area (Å²) in [5.41, 5.74) is 1.16. The van der Waals surface area contributed by atoms with E-state index in [1.165, 1.54) is 33.5 Å². The molecule has 7 nitrogen and oxygen atoms in total. The SMILES string of the molecule is COc1cc2c(c(OC)c1OC)C(=O)/C(=C/c1ccc(O)c(O)c1)CO2. The van der Waals surface area contributed by atoms with Gasteiger partial charge in [0.1, 0.15) is 17.9 Å². The number of carbonyl (C=O) groups excluding carboxylic acids is 1. The topological polar surface area (TPSA) is 94.5 Å². The first-order valence-corrected chi connectivity index (χ1v) is 7.73. The Balaban J connectivity index is 2.09. The molecule has 1 aliphatic heterocycles. The minimum absolute atomic E-state index is 0.0477. The summed E-state index contributed by atoms with van der Waals surface area (Å²) < 4.78 is 21.7. The molecule has 2 aromatic carbocycles. The molecule has 2 N–H and O–H groups in total. The summed E-state index contributed by atoms with van der Waals surface area (Å²) in [5, 5.41) is 19.0. The zero-order chi connectivity index (χ0) is 18.8. The van der Waals surface area contributed by atoms with Gasteiger partial charge in [0.25, 0.3) is 0 Å². The van der Waals surface area contributed by atoms with Crippen molar-refractivity contribution in [2.75, 3.05) is 27.9 Å². The van der Waals surface area contributed by atoms with Crippen molar-refractivity contribution < 1.29 is 34.0 Å². The summed E-state index contributed by atoms with van der Waals surface area (Å²) in [6.45, 7) is 0.0477. The van der Waals surface area contributed by atoms with Crippen LogP contribution in [0.25, 0.3) is 6.08 Å². The number of carbonyl (C=O) groups is 1. The van der Waals surface area contributed by atoms with Crippen LogP contribution in [0.5, 0.6) is 34.5 Å². The highest BCUT2D eigenvalue weighted by molar-refractivity contribution is 6.16. The van der Waals surface area contributed by atoms with E-state index in [9.17, 15) is 15.0 Å². The highest BCUT2D eigenvalue weighted by atomic mass is 16.5. The molecule has 0 bridgehead atoms. The Kier molecular flexibility index (Phi) is 4.62. The molecule has 1 aliphatic rings. The van der Waals surface area contributed by atoms with Crippen LogP contribution >= 0.6 is 0 Å². The Morgan fingerprint density at radius 2 is 1.73 bits per heavy atom. The van der Waals surface area contributed by atoms with Crippen molar-refractivity contribution in [3.8, 4) is 34.5 Å². The largest absolute Gasteiger partial charge is 0.504 e.